The van der Waals surface area contributed by atoms with Crippen molar-refractivity contribution < 1.29 is 9.32 Å². The van der Waals surface area contributed by atoms with Gasteiger partial charge in [0.1, 0.15) is 6.26 Å². The van der Waals surface area contributed by atoms with E-state index in [0.29, 0.717) is 6.54 Å². The number of carbonyl (C=O) groups is 1. The molecule has 0 saturated carbocycles. The van der Waals surface area contributed by atoms with Gasteiger partial charge in [-0.05, 0) is 13.0 Å². The molecule has 4 heteroatoms. The Bertz CT molecular complexity index is 291. The Morgan fingerprint density at radius 2 is 2.67 bits per heavy atom. The van der Waals surface area contributed by atoms with Crippen molar-refractivity contribution in [1.82, 2.24) is 10.5 Å². The summed E-state index contributed by atoms with van der Waals surface area (Å²) in [7, 11) is 0. The first-order valence-electron chi connectivity index (χ1n) is 3.54. The van der Waals surface area contributed by atoms with Gasteiger partial charge >= 0.3 is 0 Å². The standard InChI is InChI=1S/C8H10N2O2/c1-3-8(11)9-4-7-5-12-10-6(7)2/h3,5H,1,4H2,2H3,(H,9,11). The van der Waals surface area contributed by atoms with Crippen LogP contribution < -0.4 is 5.32 Å². The Morgan fingerprint density at radius 1 is 1.92 bits per heavy atom. The van der Waals surface area contributed by atoms with Gasteiger partial charge in [-0.3, -0.25) is 4.79 Å². The molecule has 4 nitrogen and oxygen atoms in total. The highest BCUT2D eigenvalue weighted by Crippen LogP contribution is 2.03. The van der Waals surface area contributed by atoms with Gasteiger partial charge in [-0.25, -0.2) is 0 Å². The summed E-state index contributed by atoms with van der Waals surface area (Å²) >= 11 is 0. The molecular formula is C8H10N2O2. The van der Waals surface area contributed by atoms with Gasteiger partial charge in [0.05, 0.1) is 5.69 Å². The molecule has 0 saturated heterocycles. The number of aryl methyl sites for hydroxylation is 1. The molecule has 0 aromatic carbocycles. The molecule has 0 aliphatic heterocycles. The number of hydrogen-bond acceptors (Lipinski definition) is 3. The summed E-state index contributed by atoms with van der Waals surface area (Å²) in [4.78, 5) is 10.7. The molecule has 0 spiro atoms. The zero-order chi connectivity index (χ0) is 8.97. The van der Waals surface area contributed by atoms with Crippen molar-refractivity contribution in [2.75, 3.05) is 0 Å². The van der Waals surface area contributed by atoms with Gasteiger partial charge in [-0.1, -0.05) is 11.7 Å². The minimum atomic E-state index is -0.199. The number of amides is 1. The van der Waals surface area contributed by atoms with E-state index in [9.17, 15) is 4.79 Å². The van der Waals surface area contributed by atoms with E-state index in [0.717, 1.165) is 11.3 Å². The van der Waals surface area contributed by atoms with E-state index < -0.39 is 0 Å². The first kappa shape index (κ1) is 8.52. The second kappa shape index (κ2) is 3.71. The maximum atomic E-state index is 10.7. The Morgan fingerprint density at radius 3 is 3.17 bits per heavy atom. The molecule has 1 rings (SSSR count). The number of nitrogens with zero attached hydrogens (tertiary/aromatic N) is 1. The molecule has 1 amide bonds. The summed E-state index contributed by atoms with van der Waals surface area (Å²) in [6.07, 6.45) is 2.74. The Kier molecular flexibility index (Phi) is 2.63. The van der Waals surface area contributed by atoms with Crippen LogP contribution in [0.4, 0.5) is 0 Å². The number of rotatable bonds is 3. The quantitative estimate of drug-likeness (QED) is 0.675. The van der Waals surface area contributed by atoms with Gasteiger partial charge in [-0.2, -0.15) is 0 Å². The zero-order valence-electron chi connectivity index (χ0n) is 6.83. The van der Waals surface area contributed by atoms with Crippen LogP contribution >= 0.6 is 0 Å². The minimum absolute atomic E-state index is 0.199. The third-order valence-electron chi connectivity index (χ3n) is 1.49. The van der Waals surface area contributed by atoms with E-state index >= 15 is 0 Å². The molecule has 0 aliphatic carbocycles. The van der Waals surface area contributed by atoms with E-state index in [1.807, 2.05) is 6.92 Å². The minimum Gasteiger partial charge on any atom is -0.364 e. The maximum Gasteiger partial charge on any atom is 0.243 e. The lowest BCUT2D eigenvalue weighted by atomic mass is 10.3. The molecule has 0 fully saturated rings. The Balaban J connectivity index is 2.48. The molecule has 12 heavy (non-hydrogen) atoms. The van der Waals surface area contributed by atoms with Gasteiger partial charge in [0.15, 0.2) is 0 Å². The van der Waals surface area contributed by atoms with Crippen molar-refractivity contribution in [1.29, 1.82) is 0 Å². The first-order valence-corrected chi connectivity index (χ1v) is 3.54. The molecule has 0 aliphatic rings. The summed E-state index contributed by atoms with van der Waals surface area (Å²) in [5.74, 6) is -0.199. The van der Waals surface area contributed by atoms with Gasteiger partial charge in [0, 0.05) is 12.1 Å². The van der Waals surface area contributed by atoms with Gasteiger partial charge in [0.2, 0.25) is 5.91 Å². The van der Waals surface area contributed by atoms with E-state index in [4.69, 9.17) is 0 Å². The third-order valence-corrected chi connectivity index (χ3v) is 1.49. The fraction of sp³-hybridized carbons (Fsp3) is 0.250. The lowest BCUT2D eigenvalue weighted by Crippen LogP contribution is -2.19. The van der Waals surface area contributed by atoms with Gasteiger partial charge < -0.3 is 9.84 Å². The topological polar surface area (TPSA) is 55.1 Å². The molecule has 1 aromatic heterocycles. The molecule has 64 valence electrons. The number of carbonyl (C=O) groups excluding carboxylic acids is 1. The van der Waals surface area contributed by atoms with Crippen molar-refractivity contribution >= 4 is 5.91 Å². The molecular weight excluding hydrogens is 156 g/mol. The lowest BCUT2D eigenvalue weighted by Gasteiger charge is -1.97. The van der Waals surface area contributed by atoms with Crippen molar-refractivity contribution in [3.63, 3.8) is 0 Å². The number of hydrogen-bond donors (Lipinski definition) is 1. The van der Waals surface area contributed by atoms with Crippen LogP contribution in [0.2, 0.25) is 0 Å². The fourth-order valence-electron chi connectivity index (χ4n) is 0.737. The molecule has 0 unspecified atom stereocenters. The summed E-state index contributed by atoms with van der Waals surface area (Å²) in [6.45, 7) is 5.58. The normalized spacial score (nSPS) is 9.42. The van der Waals surface area contributed by atoms with Crippen molar-refractivity contribution in [2.45, 2.75) is 13.5 Å². The van der Waals surface area contributed by atoms with Crippen LogP contribution in [0.25, 0.3) is 0 Å². The smallest absolute Gasteiger partial charge is 0.243 e. The molecule has 0 atom stereocenters. The van der Waals surface area contributed by atoms with E-state index in [-0.39, 0.29) is 5.91 Å². The molecule has 1 aromatic rings. The van der Waals surface area contributed by atoms with Crippen LogP contribution in [0, 0.1) is 6.92 Å². The Labute approximate surface area is 70.2 Å². The van der Waals surface area contributed by atoms with Gasteiger partial charge in [-0.15, -0.1) is 0 Å². The van der Waals surface area contributed by atoms with E-state index in [2.05, 4.69) is 21.6 Å². The van der Waals surface area contributed by atoms with Crippen LogP contribution in [-0.4, -0.2) is 11.1 Å². The first-order chi connectivity index (χ1) is 5.74. The number of aromatic nitrogens is 1. The average Bonchev–Trinajstić information content (AvgIpc) is 2.47. The van der Waals surface area contributed by atoms with Crippen molar-refractivity contribution in [3.05, 3.63) is 30.2 Å². The summed E-state index contributed by atoms with van der Waals surface area (Å²) in [6, 6.07) is 0. The highest BCUT2D eigenvalue weighted by molar-refractivity contribution is 5.86. The average molecular weight is 166 g/mol. The fourth-order valence-corrected chi connectivity index (χ4v) is 0.737. The van der Waals surface area contributed by atoms with Crippen LogP contribution in [0.15, 0.2) is 23.4 Å². The van der Waals surface area contributed by atoms with Crippen molar-refractivity contribution in [2.24, 2.45) is 0 Å². The van der Waals surface area contributed by atoms with Crippen LogP contribution in [-0.2, 0) is 11.3 Å². The lowest BCUT2D eigenvalue weighted by molar-refractivity contribution is -0.116. The van der Waals surface area contributed by atoms with E-state index in [1.54, 1.807) is 0 Å². The monoisotopic (exact) mass is 166 g/mol. The highest BCUT2D eigenvalue weighted by Gasteiger charge is 2.02. The SMILES string of the molecule is C=CC(=O)NCc1conc1C. The predicted octanol–water partition coefficient (Wildman–Crippen LogP) is 0.785. The molecule has 1 heterocycles. The van der Waals surface area contributed by atoms with Gasteiger partial charge in [0.25, 0.3) is 0 Å². The Hall–Kier alpha value is -1.58. The van der Waals surface area contributed by atoms with Crippen LogP contribution in [0.1, 0.15) is 11.3 Å². The summed E-state index contributed by atoms with van der Waals surface area (Å²) in [5.41, 5.74) is 1.67. The van der Waals surface area contributed by atoms with Crippen molar-refractivity contribution in [3.8, 4) is 0 Å². The predicted molar refractivity (Wildman–Crippen MR) is 43.3 cm³/mol. The second-order valence-electron chi connectivity index (χ2n) is 2.35. The molecule has 0 bridgehead atoms. The zero-order valence-corrected chi connectivity index (χ0v) is 6.83. The van der Waals surface area contributed by atoms with Crippen LogP contribution in [0.3, 0.4) is 0 Å². The summed E-state index contributed by atoms with van der Waals surface area (Å²) in [5, 5.41) is 6.29. The summed E-state index contributed by atoms with van der Waals surface area (Å²) < 4.78 is 4.68. The molecule has 0 radical (unpaired) electrons. The second-order valence-corrected chi connectivity index (χ2v) is 2.35. The van der Waals surface area contributed by atoms with E-state index in [1.165, 1.54) is 12.3 Å². The highest BCUT2D eigenvalue weighted by atomic mass is 16.5. The molecule has 1 N–H and O–H groups in total. The third kappa shape index (κ3) is 1.95. The maximum absolute atomic E-state index is 10.7. The largest absolute Gasteiger partial charge is 0.364 e. The van der Waals surface area contributed by atoms with Crippen LogP contribution in [0.5, 0.6) is 0 Å². The number of nitrogens with one attached hydrogen (secondary N) is 1.